The Balaban J connectivity index is 1.68. The summed E-state index contributed by atoms with van der Waals surface area (Å²) >= 11 is 0. The molecule has 0 saturated carbocycles. The van der Waals surface area contributed by atoms with Crippen molar-refractivity contribution in [1.29, 1.82) is 5.26 Å². The molecule has 8 nitrogen and oxygen atoms in total. The molecule has 1 aliphatic rings. The smallest absolute Gasteiger partial charge is 0.266 e. The number of nitrogens with zero attached hydrogens (tertiary/aromatic N) is 6. The molecule has 0 spiro atoms. The molecule has 0 radical (unpaired) electrons. The molecule has 0 aliphatic carbocycles. The maximum Gasteiger partial charge on any atom is 0.266 e. The second kappa shape index (κ2) is 5.20. The summed E-state index contributed by atoms with van der Waals surface area (Å²) in [5, 5.41) is 15.0. The lowest BCUT2D eigenvalue weighted by molar-refractivity contribution is 0.489. The maximum absolute atomic E-state index is 11.2. The first kappa shape index (κ1) is 13.1. The first-order chi connectivity index (χ1) is 10.2. The fourth-order valence-electron chi connectivity index (χ4n) is 2.19. The Kier molecular flexibility index (Phi) is 3.23. The van der Waals surface area contributed by atoms with Gasteiger partial charge in [-0.3, -0.25) is 4.79 Å². The monoisotopic (exact) mass is 283 g/mol. The minimum atomic E-state index is -0.214. The molecule has 0 atom stereocenters. The van der Waals surface area contributed by atoms with Gasteiger partial charge >= 0.3 is 0 Å². The van der Waals surface area contributed by atoms with Gasteiger partial charge in [0.15, 0.2) is 0 Å². The van der Waals surface area contributed by atoms with Crippen LogP contribution in [0.1, 0.15) is 5.69 Å². The zero-order valence-corrected chi connectivity index (χ0v) is 11.4. The van der Waals surface area contributed by atoms with Crippen molar-refractivity contribution in [3.63, 3.8) is 0 Å². The number of H-pyrrole nitrogens is 1. The second-order valence-electron chi connectivity index (χ2n) is 4.83. The standard InChI is InChI=1S/C13H13N7O/c1-19(13-15-3-2-9(5-14)17-13)11-7-20(8-11)10-4-12(21)18-16-6-10/h2-4,6,11H,7-8H2,1H3,(H,18,21). The van der Waals surface area contributed by atoms with E-state index in [2.05, 4.69) is 25.1 Å². The number of likely N-dealkylation sites (N-methyl/N-ethyl adjacent to an activating group) is 1. The topological polar surface area (TPSA) is 102 Å². The van der Waals surface area contributed by atoms with Crippen molar-refractivity contribution in [3.05, 3.63) is 40.6 Å². The van der Waals surface area contributed by atoms with Gasteiger partial charge in [0.2, 0.25) is 5.95 Å². The predicted molar refractivity (Wildman–Crippen MR) is 76.0 cm³/mol. The Morgan fingerprint density at radius 2 is 2.33 bits per heavy atom. The highest BCUT2D eigenvalue weighted by atomic mass is 16.1. The fourth-order valence-corrected chi connectivity index (χ4v) is 2.19. The van der Waals surface area contributed by atoms with Crippen molar-refractivity contribution in [2.75, 3.05) is 29.9 Å². The number of aromatic amines is 1. The van der Waals surface area contributed by atoms with Crippen LogP contribution in [0, 0.1) is 11.3 Å². The average Bonchev–Trinajstić information content (AvgIpc) is 2.46. The van der Waals surface area contributed by atoms with E-state index in [1.54, 1.807) is 18.5 Å². The van der Waals surface area contributed by atoms with Crippen molar-refractivity contribution < 1.29 is 0 Å². The molecule has 2 aromatic heterocycles. The first-order valence-corrected chi connectivity index (χ1v) is 6.43. The minimum absolute atomic E-state index is 0.214. The third kappa shape index (κ3) is 2.53. The van der Waals surface area contributed by atoms with E-state index in [9.17, 15) is 4.79 Å². The molecule has 1 fully saturated rings. The summed E-state index contributed by atoms with van der Waals surface area (Å²) in [6.45, 7) is 1.50. The van der Waals surface area contributed by atoms with Crippen molar-refractivity contribution in [2.45, 2.75) is 6.04 Å². The van der Waals surface area contributed by atoms with Gasteiger partial charge in [-0.05, 0) is 6.07 Å². The quantitative estimate of drug-likeness (QED) is 0.829. The highest BCUT2D eigenvalue weighted by Gasteiger charge is 2.31. The van der Waals surface area contributed by atoms with Crippen molar-refractivity contribution in [2.24, 2.45) is 0 Å². The van der Waals surface area contributed by atoms with Crippen LogP contribution in [0.15, 0.2) is 29.3 Å². The molecule has 3 heterocycles. The van der Waals surface area contributed by atoms with Crippen LogP contribution in [0.4, 0.5) is 11.6 Å². The van der Waals surface area contributed by atoms with Gasteiger partial charge in [0.25, 0.3) is 5.56 Å². The van der Waals surface area contributed by atoms with Gasteiger partial charge in [-0.15, -0.1) is 0 Å². The van der Waals surface area contributed by atoms with Gasteiger partial charge in [0, 0.05) is 32.4 Å². The molecule has 0 bridgehead atoms. The Bertz CT molecular complexity index is 744. The number of hydrogen-bond donors (Lipinski definition) is 1. The molecule has 1 aliphatic heterocycles. The zero-order chi connectivity index (χ0) is 14.8. The number of hydrogen-bond acceptors (Lipinski definition) is 7. The molecule has 8 heteroatoms. The lowest BCUT2D eigenvalue weighted by Gasteiger charge is -2.45. The Morgan fingerprint density at radius 1 is 1.52 bits per heavy atom. The van der Waals surface area contributed by atoms with Gasteiger partial charge in [0.1, 0.15) is 11.8 Å². The molecular formula is C13H13N7O. The van der Waals surface area contributed by atoms with Crippen LogP contribution in [-0.4, -0.2) is 46.3 Å². The van der Waals surface area contributed by atoms with E-state index in [1.807, 2.05) is 18.0 Å². The number of nitrogens with one attached hydrogen (secondary N) is 1. The Hall–Kier alpha value is -2.95. The van der Waals surface area contributed by atoms with Crippen molar-refractivity contribution in [3.8, 4) is 6.07 Å². The van der Waals surface area contributed by atoms with Crippen LogP contribution in [0.2, 0.25) is 0 Å². The molecule has 21 heavy (non-hydrogen) atoms. The lowest BCUT2D eigenvalue weighted by atomic mass is 10.1. The van der Waals surface area contributed by atoms with Crippen molar-refractivity contribution in [1.82, 2.24) is 20.2 Å². The van der Waals surface area contributed by atoms with E-state index in [1.165, 1.54) is 6.07 Å². The number of nitriles is 1. The third-order valence-electron chi connectivity index (χ3n) is 3.50. The van der Waals surface area contributed by atoms with Gasteiger partial charge < -0.3 is 9.80 Å². The number of rotatable bonds is 3. The summed E-state index contributed by atoms with van der Waals surface area (Å²) in [5.74, 6) is 0.530. The van der Waals surface area contributed by atoms with E-state index < -0.39 is 0 Å². The first-order valence-electron chi connectivity index (χ1n) is 6.43. The molecule has 0 amide bonds. The Labute approximate surface area is 120 Å². The summed E-state index contributed by atoms with van der Waals surface area (Å²) in [6, 6.07) is 5.34. The van der Waals surface area contributed by atoms with E-state index in [4.69, 9.17) is 5.26 Å². The van der Waals surface area contributed by atoms with Crippen LogP contribution >= 0.6 is 0 Å². The van der Waals surface area contributed by atoms with E-state index in [0.29, 0.717) is 11.6 Å². The van der Waals surface area contributed by atoms with Gasteiger partial charge in [0.05, 0.1) is 17.9 Å². The highest BCUT2D eigenvalue weighted by Crippen LogP contribution is 2.23. The molecular weight excluding hydrogens is 270 g/mol. The molecule has 106 valence electrons. The SMILES string of the molecule is CN(c1nccc(C#N)n1)C1CN(c2cn[nH]c(=O)c2)C1. The second-order valence-corrected chi connectivity index (χ2v) is 4.83. The summed E-state index contributed by atoms with van der Waals surface area (Å²) in [5.41, 5.74) is 0.936. The summed E-state index contributed by atoms with van der Waals surface area (Å²) < 4.78 is 0. The van der Waals surface area contributed by atoms with E-state index >= 15 is 0 Å². The third-order valence-corrected chi connectivity index (χ3v) is 3.50. The number of aromatic nitrogens is 4. The predicted octanol–water partition coefficient (Wildman–Crippen LogP) is -0.243. The molecule has 2 aromatic rings. The molecule has 3 rings (SSSR count). The average molecular weight is 283 g/mol. The lowest BCUT2D eigenvalue weighted by Crippen LogP contribution is -2.59. The number of anilines is 2. The van der Waals surface area contributed by atoms with Crippen LogP contribution in [0.5, 0.6) is 0 Å². The minimum Gasteiger partial charge on any atom is -0.366 e. The zero-order valence-electron chi connectivity index (χ0n) is 11.4. The van der Waals surface area contributed by atoms with Crippen molar-refractivity contribution >= 4 is 11.6 Å². The summed E-state index contributed by atoms with van der Waals surface area (Å²) in [7, 11) is 1.90. The molecule has 0 aromatic carbocycles. The van der Waals surface area contributed by atoms with Crippen LogP contribution < -0.4 is 15.4 Å². The highest BCUT2D eigenvalue weighted by molar-refractivity contribution is 5.49. The van der Waals surface area contributed by atoms with E-state index in [-0.39, 0.29) is 11.6 Å². The fraction of sp³-hybridized carbons (Fsp3) is 0.308. The molecule has 0 unspecified atom stereocenters. The largest absolute Gasteiger partial charge is 0.366 e. The van der Waals surface area contributed by atoms with Gasteiger partial charge in [-0.1, -0.05) is 0 Å². The van der Waals surface area contributed by atoms with E-state index in [0.717, 1.165) is 18.8 Å². The molecule has 1 saturated heterocycles. The van der Waals surface area contributed by atoms with Crippen LogP contribution in [-0.2, 0) is 0 Å². The normalized spacial score (nSPS) is 14.4. The van der Waals surface area contributed by atoms with Crippen LogP contribution in [0.3, 0.4) is 0 Å². The maximum atomic E-state index is 11.2. The van der Waals surface area contributed by atoms with Gasteiger partial charge in [-0.25, -0.2) is 15.1 Å². The Morgan fingerprint density at radius 3 is 3.05 bits per heavy atom. The van der Waals surface area contributed by atoms with Crippen LogP contribution in [0.25, 0.3) is 0 Å². The summed E-state index contributed by atoms with van der Waals surface area (Å²) in [4.78, 5) is 23.6. The summed E-state index contributed by atoms with van der Waals surface area (Å²) in [6.07, 6.45) is 3.21. The molecule has 1 N–H and O–H groups in total. The van der Waals surface area contributed by atoms with Gasteiger partial charge in [-0.2, -0.15) is 10.4 Å².